The molecule has 0 bridgehead atoms. The van der Waals surface area contributed by atoms with Crippen molar-refractivity contribution in [2.75, 3.05) is 0 Å². The number of Topliss-reactive ketones (excluding diaryl/α,β-unsaturated/α-hetero) is 1. The highest BCUT2D eigenvalue weighted by atomic mass is 16.1. The molecule has 2 rings (SSSR count). The van der Waals surface area contributed by atoms with Crippen molar-refractivity contribution in [1.82, 2.24) is 0 Å². The smallest absolute Gasteiger partial charge is 0.132 e. The van der Waals surface area contributed by atoms with Gasteiger partial charge in [-0.15, -0.1) is 0 Å². The number of ketones is 1. The number of carbonyl (C=O) groups excluding carboxylic acids is 1. The number of hydrogen-bond acceptors (Lipinski definition) is 2. The van der Waals surface area contributed by atoms with Gasteiger partial charge < -0.3 is 0 Å². The minimum Gasteiger partial charge on any atom is -0.300 e. The van der Waals surface area contributed by atoms with Gasteiger partial charge in [-0.3, -0.25) is 4.79 Å². The topological polar surface area (TPSA) is 40.9 Å². The first-order valence-corrected chi connectivity index (χ1v) is 4.70. The molecule has 2 aliphatic carbocycles. The lowest BCUT2D eigenvalue weighted by Crippen LogP contribution is -2.21. The maximum Gasteiger partial charge on any atom is 0.132 e. The fourth-order valence-corrected chi connectivity index (χ4v) is 2.24. The summed E-state index contributed by atoms with van der Waals surface area (Å²) in [6.45, 7) is 0. The van der Waals surface area contributed by atoms with Crippen LogP contribution in [0.2, 0.25) is 0 Å². The fourth-order valence-electron chi connectivity index (χ4n) is 2.24. The first-order valence-electron chi connectivity index (χ1n) is 4.70. The van der Waals surface area contributed by atoms with Crippen LogP contribution in [0.5, 0.6) is 0 Å². The number of nitriles is 1. The van der Waals surface area contributed by atoms with Gasteiger partial charge in [-0.2, -0.15) is 5.26 Å². The van der Waals surface area contributed by atoms with E-state index in [1.54, 1.807) is 0 Å². The van der Waals surface area contributed by atoms with Crippen LogP contribution in [0.3, 0.4) is 0 Å². The summed E-state index contributed by atoms with van der Waals surface area (Å²) < 4.78 is 0. The standard InChI is InChI=1S/C10H13NO/c11-7-10(5-6-10)8-1-3-9(12)4-2-8/h8H,1-6H2. The average molecular weight is 163 g/mol. The largest absolute Gasteiger partial charge is 0.300 e. The van der Waals surface area contributed by atoms with Crippen molar-refractivity contribution in [1.29, 1.82) is 5.26 Å². The molecule has 12 heavy (non-hydrogen) atoms. The summed E-state index contributed by atoms with van der Waals surface area (Å²) in [7, 11) is 0. The van der Waals surface area contributed by atoms with Gasteiger partial charge in [0.1, 0.15) is 5.78 Å². The molecule has 0 heterocycles. The molecule has 2 fully saturated rings. The van der Waals surface area contributed by atoms with E-state index in [4.69, 9.17) is 5.26 Å². The molecule has 0 unspecified atom stereocenters. The van der Waals surface area contributed by atoms with Gasteiger partial charge >= 0.3 is 0 Å². The van der Waals surface area contributed by atoms with Crippen molar-refractivity contribution in [3.8, 4) is 6.07 Å². The molecule has 64 valence electrons. The van der Waals surface area contributed by atoms with E-state index in [0.717, 1.165) is 25.7 Å². The van der Waals surface area contributed by atoms with Crippen molar-refractivity contribution in [2.45, 2.75) is 38.5 Å². The normalized spacial score (nSPS) is 28.1. The monoisotopic (exact) mass is 163 g/mol. The van der Waals surface area contributed by atoms with Crippen LogP contribution >= 0.6 is 0 Å². The molecule has 2 saturated carbocycles. The summed E-state index contributed by atoms with van der Waals surface area (Å²) >= 11 is 0. The van der Waals surface area contributed by atoms with E-state index in [9.17, 15) is 4.79 Å². The minimum absolute atomic E-state index is 0.000694. The Labute approximate surface area is 72.6 Å². The van der Waals surface area contributed by atoms with Crippen molar-refractivity contribution in [3.05, 3.63) is 0 Å². The molecule has 0 atom stereocenters. The highest BCUT2D eigenvalue weighted by Crippen LogP contribution is 2.55. The molecule has 2 aliphatic rings. The van der Waals surface area contributed by atoms with Crippen molar-refractivity contribution < 1.29 is 4.79 Å². The van der Waals surface area contributed by atoms with E-state index in [1.165, 1.54) is 0 Å². The Morgan fingerprint density at radius 1 is 1.33 bits per heavy atom. The van der Waals surface area contributed by atoms with Crippen LogP contribution in [-0.4, -0.2) is 5.78 Å². The summed E-state index contributed by atoms with van der Waals surface area (Å²) in [5.41, 5.74) is 0.000694. The highest BCUT2D eigenvalue weighted by Gasteiger charge is 2.50. The Morgan fingerprint density at radius 3 is 2.33 bits per heavy atom. The van der Waals surface area contributed by atoms with Crippen LogP contribution in [0.4, 0.5) is 0 Å². The van der Waals surface area contributed by atoms with E-state index in [-0.39, 0.29) is 5.41 Å². The van der Waals surface area contributed by atoms with Gasteiger partial charge in [0.05, 0.1) is 11.5 Å². The third-order valence-electron chi connectivity index (χ3n) is 3.34. The third-order valence-corrected chi connectivity index (χ3v) is 3.34. The SMILES string of the molecule is N#CC1(C2CCC(=O)CC2)CC1. The second-order valence-corrected chi connectivity index (χ2v) is 4.08. The molecule has 0 amide bonds. The van der Waals surface area contributed by atoms with E-state index in [2.05, 4.69) is 6.07 Å². The molecular weight excluding hydrogens is 150 g/mol. The summed E-state index contributed by atoms with van der Waals surface area (Å²) in [5.74, 6) is 0.917. The Hall–Kier alpha value is -0.840. The molecule has 0 aromatic rings. The highest BCUT2D eigenvalue weighted by molar-refractivity contribution is 5.79. The molecule has 0 aromatic carbocycles. The summed E-state index contributed by atoms with van der Waals surface area (Å²) in [6, 6.07) is 2.43. The van der Waals surface area contributed by atoms with Crippen LogP contribution < -0.4 is 0 Å². The molecular formula is C10H13NO. The molecule has 0 aromatic heterocycles. The molecule has 0 N–H and O–H groups in total. The zero-order valence-electron chi connectivity index (χ0n) is 7.18. The molecule has 0 aliphatic heterocycles. The quantitative estimate of drug-likeness (QED) is 0.593. The lowest BCUT2D eigenvalue weighted by molar-refractivity contribution is -0.121. The van der Waals surface area contributed by atoms with Crippen LogP contribution in [0.25, 0.3) is 0 Å². The van der Waals surface area contributed by atoms with Crippen LogP contribution in [0.15, 0.2) is 0 Å². The van der Waals surface area contributed by atoms with Gasteiger partial charge in [-0.05, 0) is 31.6 Å². The first kappa shape index (κ1) is 7.79. The predicted molar refractivity (Wildman–Crippen MR) is 44.2 cm³/mol. The maximum atomic E-state index is 11.0. The van der Waals surface area contributed by atoms with E-state index >= 15 is 0 Å². The van der Waals surface area contributed by atoms with Gasteiger partial charge in [-0.1, -0.05) is 0 Å². The Balaban J connectivity index is 1.99. The van der Waals surface area contributed by atoms with E-state index < -0.39 is 0 Å². The summed E-state index contributed by atoms with van der Waals surface area (Å²) in [6.07, 6.45) is 5.51. The zero-order chi connectivity index (χ0) is 8.60. The van der Waals surface area contributed by atoms with Crippen LogP contribution in [-0.2, 0) is 4.79 Å². The summed E-state index contributed by atoms with van der Waals surface area (Å²) in [5, 5.41) is 8.94. The maximum absolute atomic E-state index is 11.0. The fraction of sp³-hybridized carbons (Fsp3) is 0.800. The van der Waals surface area contributed by atoms with Gasteiger partial charge in [0.2, 0.25) is 0 Å². The van der Waals surface area contributed by atoms with Crippen molar-refractivity contribution >= 4 is 5.78 Å². The lowest BCUT2D eigenvalue weighted by atomic mass is 9.78. The molecule has 2 nitrogen and oxygen atoms in total. The van der Waals surface area contributed by atoms with Gasteiger partial charge in [0.15, 0.2) is 0 Å². The van der Waals surface area contributed by atoms with Crippen molar-refractivity contribution in [2.24, 2.45) is 11.3 Å². The Kier molecular flexibility index (Phi) is 1.68. The van der Waals surface area contributed by atoms with Gasteiger partial charge in [-0.25, -0.2) is 0 Å². The van der Waals surface area contributed by atoms with Gasteiger partial charge in [0, 0.05) is 12.8 Å². The average Bonchev–Trinajstić information content (AvgIpc) is 2.86. The lowest BCUT2D eigenvalue weighted by Gasteiger charge is -2.24. The second kappa shape index (κ2) is 2.58. The number of hydrogen-bond donors (Lipinski definition) is 0. The van der Waals surface area contributed by atoms with Crippen molar-refractivity contribution in [3.63, 3.8) is 0 Å². The molecule has 0 spiro atoms. The minimum atomic E-state index is 0.000694. The molecule has 0 radical (unpaired) electrons. The predicted octanol–water partition coefficient (Wildman–Crippen LogP) is 2.05. The Morgan fingerprint density at radius 2 is 1.92 bits per heavy atom. The zero-order valence-corrected chi connectivity index (χ0v) is 7.18. The third kappa shape index (κ3) is 1.14. The van der Waals surface area contributed by atoms with Crippen LogP contribution in [0, 0.1) is 22.7 Å². The van der Waals surface area contributed by atoms with E-state index in [0.29, 0.717) is 24.5 Å². The second-order valence-electron chi connectivity index (χ2n) is 4.08. The molecule has 0 saturated heterocycles. The van der Waals surface area contributed by atoms with Crippen LogP contribution in [0.1, 0.15) is 38.5 Å². The summed E-state index contributed by atoms with van der Waals surface area (Å²) in [4.78, 5) is 11.0. The number of rotatable bonds is 1. The van der Waals surface area contributed by atoms with E-state index in [1.807, 2.05) is 0 Å². The number of carbonyl (C=O) groups is 1. The van der Waals surface area contributed by atoms with Gasteiger partial charge in [0.25, 0.3) is 0 Å². The Bertz CT molecular complexity index is 237. The first-order chi connectivity index (χ1) is 5.77. The molecule has 2 heteroatoms. The number of nitrogens with zero attached hydrogens (tertiary/aromatic N) is 1.